The van der Waals surface area contributed by atoms with Crippen molar-refractivity contribution < 1.29 is 4.74 Å². The average molecular weight is 359 g/mol. The summed E-state index contributed by atoms with van der Waals surface area (Å²) >= 11 is 7.62. The molecule has 0 amide bonds. The Kier molecular flexibility index (Phi) is 5.07. The first-order valence-corrected chi connectivity index (χ1v) is 8.99. The Balaban J connectivity index is 1.82. The smallest absolute Gasteiger partial charge is 0.187 e. The van der Waals surface area contributed by atoms with Crippen LogP contribution in [0.2, 0.25) is 5.02 Å². The Morgan fingerprint density at radius 1 is 1.12 bits per heavy atom. The van der Waals surface area contributed by atoms with Crippen molar-refractivity contribution in [2.75, 3.05) is 12.4 Å². The molecule has 0 aliphatic carbocycles. The number of halogens is 1. The van der Waals surface area contributed by atoms with E-state index in [1.165, 1.54) is 5.56 Å². The van der Waals surface area contributed by atoms with Gasteiger partial charge in [0.1, 0.15) is 5.75 Å². The monoisotopic (exact) mass is 358 g/mol. The number of hydrogen-bond donors (Lipinski definition) is 1. The summed E-state index contributed by atoms with van der Waals surface area (Å²) in [6, 6.07) is 14.0. The number of benzene rings is 2. The molecule has 24 heavy (non-hydrogen) atoms. The number of nitrogens with zero attached hydrogens (tertiary/aromatic N) is 1. The largest absolute Gasteiger partial charge is 0.495 e. The van der Waals surface area contributed by atoms with Crippen molar-refractivity contribution >= 4 is 33.8 Å². The molecule has 0 unspecified atom stereocenters. The first-order valence-electron chi connectivity index (χ1n) is 7.73. The van der Waals surface area contributed by atoms with Crippen molar-refractivity contribution in [3.8, 4) is 17.0 Å². The predicted octanol–water partition coefficient (Wildman–Crippen LogP) is 6.34. The van der Waals surface area contributed by atoms with Crippen molar-refractivity contribution in [3.63, 3.8) is 0 Å². The minimum absolute atomic E-state index is 0.530. The van der Waals surface area contributed by atoms with E-state index >= 15 is 0 Å². The van der Waals surface area contributed by atoms with Crippen LogP contribution in [0.15, 0.2) is 47.8 Å². The van der Waals surface area contributed by atoms with Crippen LogP contribution in [0.4, 0.5) is 10.8 Å². The summed E-state index contributed by atoms with van der Waals surface area (Å²) in [5, 5.41) is 6.78. The van der Waals surface area contributed by atoms with Crippen LogP contribution in [0.1, 0.15) is 25.3 Å². The summed E-state index contributed by atoms with van der Waals surface area (Å²) in [6.07, 6.45) is 0. The lowest BCUT2D eigenvalue weighted by atomic mass is 10.0. The van der Waals surface area contributed by atoms with Crippen molar-refractivity contribution in [2.45, 2.75) is 19.8 Å². The molecule has 0 bridgehead atoms. The average Bonchev–Trinajstić information content (AvgIpc) is 3.04. The van der Waals surface area contributed by atoms with Gasteiger partial charge in [-0.25, -0.2) is 4.98 Å². The van der Waals surface area contributed by atoms with E-state index < -0.39 is 0 Å². The van der Waals surface area contributed by atoms with Gasteiger partial charge < -0.3 is 10.1 Å². The minimum Gasteiger partial charge on any atom is -0.495 e. The van der Waals surface area contributed by atoms with Gasteiger partial charge in [0.05, 0.1) is 18.5 Å². The van der Waals surface area contributed by atoms with Gasteiger partial charge in [-0.2, -0.15) is 0 Å². The third-order valence-electron chi connectivity index (χ3n) is 3.78. The molecule has 0 radical (unpaired) electrons. The molecule has 5 heteroatoms. The van der Waals surface area contributed by atoms with Gasteiger partial charge in [-0.05, 0) is 29.7 Å². The van der Waals surface area contributed by atoms with Crippen LogP contribution in [0.5, 0.6) is 5.75 Å². The summed E-state index contributed by atoms with van der Waals surface area (Å²) < 4.78 is 5.36. The molecule has 0 fully saturated rings. The molecule has 1 aromatic heterocycles. The second-order valence-electron chi connectivity index (χ2n) is 5.78. The number of hydrogen-bond acceptors (Lipinski definition) is 4. The molecule has 0 aliphatic heterocycles. The summed E-state index contributed by atoms with van der Waals surface area (Å²) in [4.78, 5) is 4.66. The molecule has 1 heterocycles. The van der Waals surface area contributed by atoms with E-state index in [1.807, 2.05) is 17.5 Å². The Bertz CT molecular complexity index is 828. The lowest BCUT2D eigenvalue weighted by molar-refractivity contribution is 0.417. The SMILES string of the molecule is COc1ccc(Cl)cc1Nc1nc(-c2ccc(C(C)C)cc2)cs1. The number of rotatable bonds is 5. The van der Waals surface area contributed by atoms with Crippen molar-refractivity contribution in [3.05, 3.63) is 58.4 Å². The molecule has 0 saturated heterocycles. The molecule has 2 aromatic carbocycles. The molecule has 0 aliphatic rings. The fourth-order valence-corrected chi connectivity index (χ4v) is 3.30. The molecule has 1 N–H and O–H groups in total. The Labute approximate surface area is 151 Å². The second kappa shape index (κ2) is 7.24. The van der Waals surface area contributed by atoms with Gasteiger partial charge in [0.25, 0.3) is 0 Å². The van der Waals surface area contributed by atoms with E-state index in [1.54, 1.807) is 24.5 Å². The lowest BCUT2D eigenvalue weighted by Crippen LogP contribution is -1.94. The molecule has 0 spiro atoms. The zero-order chi connectivity index (χ0) is 17.1. The quantitative estimate of drug-likeness (QED) is 0.577. The zero-order valence-electron chi connectivity index (χ0n) is 13.8. The fourth-order valence-electron chi connectivity index (χ4n) is 2.40. The number of ether oxygens (including phenoxy) is 1. The number of thiazole rings is 1. The van der Waals surface area contributed by atoms with Crippen LogP contribution in [-0.2, 0) is 0 Å². The maximum absolute atomic E-state index is 6.07. The third kappa shape index (κ3) is 3.71. The highest BCUT2D eigenvalue weighted by atomic mass is 35.5. The number of anilines is 2. The highest BCUT2D eigenvalue weighted by Gasteiger charge is 2.09. The van der Waals surface area contributed by atoms with E-state index in [0.29, 0.717) is 10.9 Å². The van der Waals surface area contributed by atoms with E-state index in [9.17, 15) is 0 Å². The van der Waals surface area contributed by atoms with Crippen LogP contribution >= 0.6 is 22.9 Å². The number of aromatic nitrogens is 1. The highest BCUT2D eigenvalue weighted by Crippen LogP contribution is 2.33. The zero-order valence-corrected chi connectivity index (χ0v) is 15.4. The molecule has 3 aromatic rings. The third-order valence-corrected chi connectivity index (χ3v) is 4.77. The van der Waals surface area contributed by atoms with Gasteiger partial charge in [-0.1, -0.05) is 49.7 Å². The molecule has 0 saturated carbocycles. The number of nitrogens with one attached hydrogen (secondary N) is 1. The van der Waals surface area contributed by atoms with E-state index in [-0.39, 0.29) is 0 Å². The summed E-state index contributed by atoms with van der Waals surface area (Å²) in [7, 11) is 1.64. The van der Waals surface area contributed by atoms with Gasteiger partial charge in [0.15, 0.2) is 5.13 Å². The van der Waals surface area contributed by atoms with Crippen LogP contribution in [-0.4, -0.2) is 12.1 Å². The Morgan fingerprint density at radius 2 is 1.88 bits per heavy atom. The standard InChI is InChI=1S/C19H19ClN2OS/c1-12(2)13-4-6-14(7-5-13)17-11-24-19(22-17)21-16-10-15(20)8-9-18(16)23-3/h4-12H,1-3H3,(H,21,22). The van der Waals surface area contributed by atoms with E-state index in [0.717, 1.165) is 27.8 Å². The molecule has 3 nitrogen and oxygen atoms in total. The predicted molar refractivity (Wildman–Crippen MR) is 103 cm³/mol. The van der Waals surface area contributed by atoms with Gasteiger partial charge in [-0.3, -0.25) is 0 Å². The van der Waals surface area contributed by atoms with Crippen LogP contribution in [0.25, 0.3) is 11.3 Å². The first kappa shape index (κ1) is 16.8. The van der Waals surface area contributed by atoms with Crippen LogP contribution < -0.4 is 10.1 Å². The first-order chi connectivity index (χ1) is 11.6. The Morgan fingerprint density at radius 3 is 2.54 bits per heavy atom. The van der Waals surface area contributed by atoms with Crippen molar-refractivity contribution in [1.29, 1.82) is 0 Å². The summed E-state index contributed by atoms with van der Waals surface area (Å²) in [6.45, 7) is 4.39. The topological polar surface area (TPSA) is 34.1 Å². The van der Waals surface area contributed by atoms with Crippen molar-refractivity contribution in [1.82, 2.24) is 4.98 Å². The maximum Gasteiger partial charge on any atom is 0.187 e. The van der Waals surface area contributed by atoms with Gasteiger partial charge in [-0.15, -0.1) is 11.3 Å². The molecular weight excluding hydrogens is 340 g/mol. The van der Waals surface area contributed by atoms with Gasteiger partial charge >= 0.3 is 0 Å². The molecule has 124 valence electrons. The Hall–Kier alpha value is -2.04. The van der Waals surface area contributed by atoms with Gasteiger partial charge in [0.2, 0.25) is 0 Å². The maximum atomic E-state index is 6.07. The molecular formula is C19H19ClN2OS. The van der Waals surface area contributed by atoms with Crippen LogP contribution in [0, 0.1) is 0 Å². The molecule has 0 atom stereocenters. The van der Waals surface area contributed by atoms with Crippen LogP contribution in [0.3, 0.4) is 0 Å². The fraction of sp³-hybridized carbons (Fsp3) is 0.211. The lowest BCUT2D eigenvalue weighted by Gasteiger charge is -2.09. The number of methoxy groups -OCH3 is 1. The second-order valence-corrected chi connectivity index (χ2v) is 7.08. The highest BCUT2D eigenvalue weighted by molar-refractivity contribution is 7.14. The summed E-state index contributed by atoms with van der Waals surface area (Å²) in [5.74, 6) is 1.26. The summed E-state index contributed by atoms with van der Waals surface area (Å²) in [5.41, 5.74) is 4.21. The van der Waals surface area contributed by atoms with E-state index in [4.69, 9.17) is 16.3 Å². The molecule has 3 rings (SSSR count). The van der Waals surface area contributed by atoms with Gasteiger partial charge in [0, 0.05) is 16.0 Å². The van der Waals surface area contributed by atoms with E-state index in [2.05, 4.69) is 48.4 Å². The normalized spacial score (nSPS) is 10.9. The minimum atomic E-state index is 0.530. The van der Waals surface area contributed by atoms with Crippen molar-refractivity contribution in [2.24, 2.45) is 0 Å².